The lowest BCUT2D eigenvalue weighted by atomic mass is 10.0. The van der Waals surface area contributed by atoms with Crippen molar-refractivity contribution in [2.45, 2.75) is 296 Å². The standard InChI is InChI=1S/C67H122NO8P/c1-6-8-10-12-14-16-18-20-22-24-26-28-30-31-32-33-34-35-36-38-39-41-43-45-47-49-51-53-55-57-59-66(69)73-63-65(64-75-77(71,72)74-62-61-68(3,4)5)76-67(70)60-58-56-54-52-50-48-46-44-42-40-37-29-27-25-23-21-19-17-15-13-11-9-7-2/h9,11,15,17,21,23,27,29,40,42,46,48,65H,6-8,10,12-14,16,18-20,22,24-26,28,30-39,41,43-45,47,49-64H2,1-5H3/p+1/b11-9-,17-15-,23-21-,29-27-,42-40-,48-46-. The summed E-state index contributed by atoms with van der Waals surface area (Å²) in [7, 11) is 1.46. The SMILES string of the molecule is CC/C=C\C/C=C\C/C=C\C/C=C\C/C=C\C/C=C\CCCCCCC(=O)OC(COC(=O)CCCCCCCCCCCCCCCCCCCCCCCCCCCCCCCC)COP(=O)(O)OCC[N+](C)(C)C. The van der Waals surface area contributed by atoms with Gasteiger partial charge < -0.3 is 18.9 Å². The number of phosphoric acid groups is 1. The Morgan fingerprint density at radius 1 is 0.416 bits per heavy atom. The molecule has 0 fully saturated rings. The van der Waals surface area contributed by atoms with E-state index in [2.05, 4.69) is 86.8 Å². The van der Waals surface area contributed by atoms with Crippen LogP contribution in [-0.2, 0) is 32.7 Å². The van der Waals surface area contributed by atoms with Crippen molar-refractivity contribution in [3.05, 3.63) is 72.9 Å². The molecule has 2 atom stereocenters. The summed E-state index contributed by atoms with van der Waals surface area (Å²) in [6.45, 7) is 4.32. The van der Waals surface area contributed by atoms with E-state index >= 15 is 0 Å². The number of likely N-dealkylation sites (N-methyl/N-ethyl adjacent to an activating group) is 1. The zero-order chi connectivity index (χ0) is 56.3. The summed E-state index contributed by atoms with van der Waals surface area (Å²) < 4.78 is 34.6. The summed E-state index contributed by atoms with van der Waals surface area (Å²) in [5.41, 5.74) is 0. The summed E-state index contributed by atoms with van der Waals surface area (Å²) in [4.78, 5) is 35.8. The van der Waals surface area contributed by atoms with Gasteiger partial charge in [0.1, 0.15) is 19.8 Å². The van der Waals surface area contributed by atoms with Gasteiger partial charge in [-0.15, -0.1) is 0 Å². The molecule has 0 saturated heterocycles. The Labute approximate surface area is 476 Å². The summed E-state index contributed by atoms with van der Waals surface area (Å²) in [5, 5.41) is 0. The molecule has 0 aromatic heterocycles. The molecule has 10 heteroatoms. The van der Waals surface area contributed by atoms with Crippen LogP contribution in [-0.4, -0.2) is 74.9 Å². The molecule has 0 aliphatic carbocycles. The van der Waals surface area contributed by atoms with E-state index in [-0.39, 0.29) is 32.0 Å². The minimum Gasteiger partial charge on any atom is -0.462 e. The predicted molar refractivity (Wildman–Crippen MR) is 330 cm³/mol. The second-order valence-electron chi connectivity index (χ2n) is 22.8. The normalized spacial score (nSPS) is 13.7. The molecule has 0 aliphatic rings. The first-order valence-electron chi connectivity index (χ1n) is 32.2. The fourth-order valence-corrected chi connectivity index (χ4v) is 9.82. The zero-order valence-corrected chi connectivity index (χ0v) is 51.8. The minimum absolute atomic E-state index is 0.0243. The van der Waals surface area contributed by atoms with Crippen LogP contribution in [0.2, 0.25) is 0 Å². The highest BCUT2D eigenvalue weighted by Gasteiger charge is 2.27. The lowest BCUT2D eigenvalue weighted by Gasteiger charge is -2.24. The van der Waals surface area contributed by atoms with Crippen LogP contribution in [0.15, 0.2) is 72.9 Å². The molecule has 9 nitrogen and oxygen atoms in total. The van der Waals surface area contributed by atoms with Crippen LogP contribution in [0, 0.1) is 0 Å². The van der Waals surface area contributed by atoms with Crippen molar-refractivity contribution in [3.63, 3.8) is 0 Å². The van der Waals surface area contributed by atoms with E-state index in [1.807, 2.05) is 21.1 Å². The second-order valence-corrected chi connectivity index (χ2v) is 24.2. The van der Waals surface area contributed by atoms with Crippen LogP contribution < -0.4 is 0 Å². The lowest BCUT2D eigenvalue weighted by Crippen LogP contribution is -2.37. The van der Waals surface area contributed by atoms with Crippen LogP contribution in [0.4, 0.5) is 0 Å². The number of carbonyl (C=O) groups is 2. The first-order valence-corrected chi connectivity index (χ1v) is 33.7. The number of esters is 2. The number of phosphoric ester groups is 1. The van der Waals surface area contributed by atoms with Crippen LogP contribution in [0.5, 0.6) is 0 Å². The lowest BCUT2D eigenvalue weighted by molar-refractivity contribution is -0.870. The quantitative estimate of drug-likeness (QED) is 0.0211. The largest absolute Gasteiger partial charge is 0.472 e. The summed E-state index contributed by atoms with van der Waals surface area (Å²) >= 11 is 0. The van der Waals surface area contributed by atoms with Gasteiger partial charge in [0.05, 0.1) is 27.7 Å². The smallest absolute Gasteiger partial charge is 0.462 e. The summed E-state index contributed by atoms with van der Waals surface area (Å²) in [5.74, 6) is -0.819. The molecular formula is C67H123NO8P+. The summed E-state index contributed by atoms with van der Waals surface area (Å²) in [6.07, 6.45) is 77.1. The maximum absolute atomic E-state index is 12.8. The highest BCUT2D eigenvalue weighted by Crippen LogP contribution is 2.43. The van der Waals surface area contributed by atoms with E-state index < -0.39 is 26.5 Å². The number of rotatable bonds is 59. The number of hydrogen-bond donors (Lipinski definition) is 1. The number of quaternary nitrogens is 1. The third-order valence-corrected chi connectivity index (χ3v) is 15.0. The van der Waals surface area contributed by atoms with E-state index in [0.717, 1.165) is 83.5 Å². The van der Waals surface area contributed by atoms with Crippen molar-refractivity contribution in [1.29, 1.82) is 0 Å². The van der Waals surface area contributed by atoms with Gasteiger partial charge >= 0.3 is 19.8 Å². The molecule has 2 unspecified atom stereocenters. The van der Waals surface area contributed by atoms with Crippen molar-refractivity contribution in [1.82, 2.24) is 0 Å². The first-order chi connectivity index (χ1) is 37.5. The Morgan fingerprint density at radius 3 is 1.10 bits per heavy atom. The second kappa shape index (κ2) is 58.1. The Bertz CT molecular complexity index is 1530. The highest BCUT2D eigenvalue weighted by molar-refractivity contribution is 7.47. The number of unbranched alkanes of at least 4 members (excludes halogenated alkanes) is 33. The third-order valence-electron chi connectivity index (χ3n) is 14.0. The molecule has 0 aromatic rings. The van der Waals surface area contributed by atoms with Crippen LogP contribution in [0.1, 0.15) is 290 Å². The Morgan fingerprint density at radius 2 is 0.740 bits per heavy atom. The molecule has 0 aliphatic heterocycles. The van der Waals surface area contributed by atoms with Gasteiger partial charge in [-0.25, -0.2) is 4.57 Å². The molecule has 0 heterocycles. The minimum atomic E-state index is -4.40. The van der Waals surface area contributed by atoms with Crippen molar-refractivity contribution >= 4 is 19.8 Å². The molecule has 0 bridgehead atoms. The maximum atomic E-state index is 12.8. The van der Waals surface area contributed by atoms with Crippen molar-refractivity contribution in [3.8, 4) is 0 Å². The number of ether oxygens (including phenoxy) is 2. The third kappa shape index (κ3) is 62.5. The fraction of sp³-hybridized carbons (Fsp3) is 0.791. The molecule has 0 saturated carbocycles. The maximum Gasteiger partial charge on any atom is 0.472 e. The Hall–Kier alpha value is -2.55. The summed E-state index contributed by atoms with van der Waals surface area (Å²) in [6, 6.07) is 0. The number of carbonyl (C=O) groups excluding carboxylic acids is 2. The van der Waals surface area contributed by atoms with Crippen molar-refractivity contribution in [2.24, 2.45) is 0 Å². The van der Waals surface area contributed by atoms with Crippen LogP contribution in [0.3, 0.4) is 0 Å². The molecule has 0 amide bonds. The Balaban J connectivity index is 4.10. The Kier molecular flexibility index (Phi) is 56.2. The molecule has 0 aromatic carbocycles. The van der Waals surface area contributed by atoms with E-state index in [1.165, 1.54) is 173 Å². The van der Waals surface area contributed by atoms with Gasteiger partial charge in [-0.1, -0.05) is 286 Å². The average Bonchev–Trinajstić information content (AvgIpc) is 3.39. The molecular weight excluding hydrogens is 978 g/mol. The van der Waals surface area contributed by atoms with Crippen molar-refractivity contribution in [2.75, 3.05) is 47.5 Å². The average molecular weight is 1100 g/mol. The van der Waals surface area contributed by atoms with Gasteiger partial charge in [0.25, 0.3) is 0 Å². The number of allylic oxidation sites excluding steroid dienone is 12. The molecule has 448 valence electrons. The van der Waals surface area contributed by atoms with Gasteiger partial charge in [-0.05, 0) is 64.2 Å². The first kappa shape index (κ1) is 74.5. The van der Waals surface area contributed by atoms with Gasteiger partial charge in [0, 0.05) is 12.8 Å². The fourth-order valence-electron chi connectivity index (χ4n) is 9.08. The number of hydrogen-bond acceptors (Lipinski definition) is 7. The van der Waals surface area contributed by atoms with Crippen LogP contribution >= 0.6 is 7.82 Å². The van der Waals surface area contributed by atoms with E-state index in [4.69, 9.17) is 18.5 Å². The van der Waals surface area contributed by atoms with Crippen molar-refractivity contribution < 1.29 is 42.1 Å². The van der Waals surface area contributed by atoms with Gasteiger partial charge in [0.15, 0.2) is 6.10 Å². The van der Waals surface area contributed by atoms with Gasteiger partial charge in [-0.2, -0.15) is 0 Å². The molecule has 0 spiro atoms. The monoisotopic (exact) mass is 1100 g/mol. The highest BCUT2D eigenvalue weighted by atomic mass is 31.2. The van der Waals surface area contributed by atoms with Crippen LogP contribution in [0.25, 0.3) is 0 Å². The number of nitrogens with zero attached hydrogens (tertiary/aromatic N) is 1. The van der Waals surface area contributed by atoms with E-state index in [9.17, 15) is 19.0 Å². The van der Waals surface area contributed by atoms with E-state index in [0.29, 0.717) is 17.4 Å². The van der Waals surface area contributed by atoms with Gasteiger partial charge in [0.2, 0.25) is 0 Å². The zero-order valence-electron chi connectivity index (χ0n) is 50.9. The molecule has 1 N–H and O–H groups in total. The predicted octanol–water partition coefficient (Wildman–Crippen LogP) is 20.4. The van der Waals surface area contributed by atoms with E-state index in [1.54, 1.807) is 0 Å². The molecule has 77 heavy (non-hydrogen) atoms. The van der Waals surface area contributed by atoms with Gasteiger partial charge in [-0.3, -0.25) is 18.6 Å². The topological polar surface area (TPSA) is 108 Å². The molecule has 0 rings (SSSR count). The molecule has 0 radical (unpaired) electrons.